The van der Waals surface area contributed by atoms with Crippen molar-refractivity contribution in [2.24, 2.45) is 4.99 Å². The van der Waals surface area contributed by atoms with Gasteiger partial charge >= 0.3 is 6.03 Å². The highest BCUT2D eigenvalue weighted by atomic mass is 16.6. The van der Waals surface area contributed by atoms with Crippen LogP contribution in [0.5, 0.6) is 0 Å². The molecule has 1 unspecified atom stereocenters. The van der Waals surface area contributed by atoms with Gasteiger partial charge in [-0.15, -0.1) is 0 Å². The number of amides is 3. The predicted octanol–water partition coefficient (Wildman–Crippen LogP) is 3.86. The van der Waals surface area contributed by atoms with Crippen molar-refractivity contribution in [3.63, 3.8) is 0 Å². The van der Waals surface area contributed by atoms with E-state index in [0.717, 1.165) is 11.1 Å². The Morgan fingerprint density at radius 2 is 1.76 bits per heavy atom. The van der Waals surface area contributed by atoms with Crippen LogP contribution in [0.3, 0.4) is 0 Å². The van der Waals surface area contributed by atoms with Crippen LogP contribution in [0.2, 0.25) is 0 Å². The molecule has 0 aromatic heterocycles. The van der Waals surface area contributed by atoms with Gasteiger partial charge in [0.05, 0.1) is 22.0 Å². The molecule has 0 aliphatic carbocycles. The number of carbonyl (C=O) groups is 2. The first kappa shape index (κ1) is 21.7. The number of benzodiazepines with no additional fused rings is 1. The molecule has 0 radical (unpaired) electrons. The molecule has 3 aromatic rings. The molecular weight excluding hydrogens is 422 g/mol. The lowest BCUT2D eigenvalue weighted by molar-refractivity contribution is -0.384. The van der Waals surface area contributed by atoms with Gasteiger partial charge in [0.25, 0.3) is 11.6 Å². The normalized spacial score (nSPS) is 15.2. The van der Waals surface area contributed by atoms with E-state index < -0.39 is 23.0 Å². The molecule has 3 aromatic carbocycles. The Morgan fingerprint density at radius 1 is 1.06 bits per heavy atom. The maximum Gasteiger partial charge on any atom is 0.321 e. The maximum absolute atomic E-state index is 13.2. The summed E-state index contributed by atoms with van der Waals surface area (Å²) >= 11 is 0. The van der Waals surface area contributed by atoms with E-state index >= 15 is 0 Å². The van der Waals surface area contributed by atoms with Crippen molar-refractivity contribution in [2.75, 3.05) is 17.3 Å². The quantitative estimate of drug-likeness (QED) is 0.470. The third kappa shape index (κ3) is 4.42. The first-order chi connectivity index (χ1) is 15.8. The van der Waals surface area contributed by atoms with Gasteiger partial charge in [-0.25, -0.2) is 9.79 Å². The summed E-state index contributed by atoms with van der Waals surface area (Å²) < 4.78 is 0. The van der Waals surface area contributed by atoms with Crippen molar-refractivity contribution in [1.82, 2.24) is 5.32 Å². The van der Waals surface area contributed by atoms with Gasteiger partial charge in [-0.05, 0) is 18.6 Å². The number of hydrogen-bond acceptors (Lipinski definition) is 5. The van der Waals surface area contributed by atoms with E-state index in [1.807, 2.05) is 54.6 Å². The number of nitrogens with zero attached hydrogens (tertiary/aromatic N) is 3. The fraction of sp³-hybridized carbons (Fsp3) is 0.125. The van der Waals surface area contributed by atoms with Gasteiger partial charge in [0, 0.05) is 30.3 Å². The van der Waals surface area contributed by atoms with Crippen molar-refractivity contribution in [1.29, 1.82) is 0 Å². The highest BCUT2D eigenvalue weighted by Gasteiger charge is 2.31. The molecule has 0 saturated carbocycles. The van der Waals surface area contributed by atoms with Crippen molar-refractivity contribution in [3.05, 3.63) is 99.6 Å². The van der Waals surface area contributed by atoms with Crippen LogP contribution in [0.4, 0.5) is 21.9 Å². The Morgan fingerprint density at radius 3 is 2.48 bits per heavy atom. The number of rotatable bonds is 4. The van der Waals surface area contributed by atoms with Crippen molar-refractivity contribution in [3.8, 4) is 0 Å². The number of aryl methyl sites for hydroxylation is 1. The number of non-ortho nitro benzene ring substituents is 1. The average molecular weight is 443 g/mol. The lowest BCUT2D eigenvalue weighted by Gasteiger charge is -2.21. The minimum atomic E-state index is -1.20. The second-order valence-electron chi connectivity index (χ2n) is 7.52. The molecule has 0 saturated heterocycles. The number of para-hydroxylation sites is 1. The minimum absolute atomic E-state index is 0.152. The zero-order valence-corrected chi connectivity index (χ0v) is 18.0. The highest BCUT2D eigenvalue weighted by molar-refractivity contribution is 6.20. The Kier molecular flexibility index (Phi) is 5.86. The lowest BCUT2D eigenvalue weighted by Crippen LogP contribution is -2.47. The number of aliphatic imine (C=N–C) groups is 1. The largest absolute Gasteiger partial charge is 0.321 e. The van der Waals surface area contributed by atoms with Crippen molar-refractivity contribution < 1.29 is 14.5 Å². The van der Waals surface area contributed by atoms with Crippen LogP contribution in [-0.4, -0.2) is 35.8 Å². The van der Waals surface area contributed by atoms with Crippen LogP contribution in [0.1, 0.15) is 16.7 Å². The minimum Gasteiger partial charge on any atom is -0.311 e. The summed E-state index contributed by atoms with van der Waals surface area (Å²) in [6.07, 6.45) is -1.20. The van der Waals surface area contributed by atoms with Gasteiger partial charge in [-0.2, -0.15) is 0 Å². The zero-order valence-electron chi connectivity index (χ0n) is 18.0. The van der Waals surface area contributed by atoms with E-state index in [0.29, 0.717) is 17.0 Å². The Bertz CT molecular complexity index is 1270. The monoisotopic (exact) mass is 443 g/mol. The van der Waals surface area contributed by atoms with E-state index in [2.05, 4.69) is 15.6 Å². The molecule has 9 heteroatoms. The summed E-state index contributed by atoms with van der Waals surface area (Å²) in [5.41, 5.74) is 3.56. The molecule has 9 nitrogen and oxygen atoms in total. The van der Waals surface area contributed by atoms with Gasteiger partial charge in [0.2, 0.25) is 6.17 Å². The van der Waals surface area contributed by atoms with Crippen molar-refractivity contribution in [2.45, 2.75) is 13.1 Å². The topological polar surface area (TPSA) is 117 Å². The lowest BCUT2D eigenvalue weighted by atomic mass is 10.0. The Balaban J connectivity index is 1.67. The zero-order chi connectivity index (χ0) is 23.5. The van der Waals surface area contributed by atoms with Crippen molar-refractivity contribution >= 4 is 34.7 Å². The number of nitrogens with one attached hydrogen (secondary N) is 2. The summed E-state index contributed by atoms with van der Waals surface area (Å²) in [6, 6.07) is 20.2. The van der Waals surface area contributed by atoms with Gasteiger partial charge in [-0.3, -0.25) is 14.9 Å². The smallest absolute Gasteiger partial charge is 0.311 e. The third-order valence-corrected chi connectivity index (χ3v) is 5.34. The number of likely N-dealkylation sites (N-methyl/N-ethyl adjacent to an activating group) is 1. The average Bonchev–Trinajstić information content (AvgIpc) is 2.91. The Hall–Kier alpha value is -4.53. The van der Waals surface area contributed by atoms with Gasteiger partial charge in [0.15, 0.2) is 0 Å². The number of urea groups is 1. The molecule has 4 rings (SSSR count). The summed E-state index contributed by atoms with van der Waals surface area (Å²) in [6.45, 7) is 1.71. The van der Waals surface area contributed by atoms with E-state index in [-0.39, 0.29) is 11.4 Å². The summed E-state index contributed by atoms with van der Waals surface area (Å²) in [7, 11) is 1.63. The summed E-state index contributed by atoms with van der Waals surface area (Å²) in [5, 5.41) is 16.3. The molecule has 1 aliphatic rings. The van der Waals surface area contributed by atoms with Crippen LogP contribution in [0.15, 0.2) is 77.8 Å². The molecule has 3 amide bonds. The molecule has 1 atom stereocenters. The van der Waals surface area contributed by atoms with Gasteiger partial charge in [0.1, 0.15) is 0 Å². The molecule has 2 N–H and O–H groups in total. The number of benzene rings is 3. The predicted molar refractivity (Wildman–Crippen MR) is 126 cm³/mol. The number of hydrogen-bond donors (Lipinski definition) is 2. The van der Waals surface area contributed by atoms with Crippen LogP contribution >= 0.6 is 0 Å². The molecule has 0 fully saturated rings. The van der Waals surface area contributed by atoms with Crippen LogP contribution in [-0.2, 0) is 4.79 Å². The number of anilines is 2. The van der Waals surface area contributed by atoms with E-state index in [1.54, 1.807) is 20.0 Å². The molecular formula is C24H21N5O4. The summed E-state index contributed by atoms with van der Waals surface area (Å²) in [4.78, 5) is 42.5. The number of fused-ring (bicyclic) bond motifs is 1. The first-order valence-electron chi connectivity index (χ1n) is 10.2. The van der Waals surface area contributed by atoms with Gasteiger partial charge < -0.3 is 15.5 Å². The van der Waals surface area contributed by atoms with E-state index in [9.17, 15) is 19.7 Å². The van der Waals surface area contributed by atoms with Gasteiger partial charge in [-0.1, -0.05) is 54.6 Å². The van der Waals surface area contributed by atoms with Crippen LogP contribution < -0.4 is 15.5 Å². The summed E-state index contributed by atoms with van der Waals surface area (Å²) in [5.74, 6) is -0.417. The van der Waals surface area contributed by atoms with E-state index in [1.165, 1.54) is 17.0 Å². The second kappa shape index (κ2) is 8.91. The van der Waals surface area contributed by atoms with Crippen LogP contribution in [0, 0.1) is 17.0 Å². The highest BCUT2D eigenvalue weighted by Crippen LogP contribution is 2.27. The standard InChI is InChI=1S/C24H21N5O4/c1-15-12-13-17(29(32)33)14-19(15)25-24(31)27-22-23(30)28(2)20-11-7-6-10-18(20)21(26-22)16-8-4-3-5-9-16/h3-14,22H,1-2H3,(H2,25,27,31). The molecule has 166 valence electrons. The molecule has 33 heavy (non-hydrogen) atoms. The molecule has 0 bridgehead atoms. The fourth-order valence-corrected chi connectivity index (χ4v) is 3.58. The molecule has 1 heterocycles. The van der Waals surface area contributed by atoms with Crippen LogP contribution in [0.25, 0.3) is 0 Å². The third-order valence-electron chi connectivity index (χ3n) is 5.34. The first-order valence-corrected chi connectivity index (χ1v) is 10.2. The molecule has 0 spiro atoms. The fourth-order valence-electron chi connectivity index (χ4n) is 3.58. The Labute approximate surface area is 189 Å². The number of nitro groups is 1. The number of nitro benzene ring substituents is 1. The SMILES string of the molecule is Cc1ccc([N+](=O)[O-])cc1NC(=O)NC1N=C(c2ccccc2)c2ccccc2N(C)C1=O. The van der Waals surface area contributed by atoms with E-state index in [4.69, 9.17) is 0 Å². The second-order valence-corrected chi connectivity index (χ2v) is 7.52. The maximum atomic E-state index is 13.2. The molecule has 1 aliphatic heterocycles. The number of carbonyl (C=O) groups excluding carboxylic acids is 2.